The number of benzene rings is 1. The fraction of sp³-hybridized carbons (Fsp3) is 0.600. The van der Waals surface area contributed by atoms with Crippen LogP contribution < -0.4 is 4.74 Å². The van der Waals surface area contributed by atoms with Gasteiger partial charge in [0, 0.05) is 23.9 Å². The lowest BCUT2D eigenvalue weighted by Gasteiger charge is -2.37. The highest BCUT2D eigenvalue weighted by atomic mass is 79.9. The maximum absolute atomic E-state index is 14.0. The van der Waals surface area contributed by atoms with Gasteiger partial charge >= 0.3 is 0 Å². The Bertz CT molecular complexity index is 497. The molecule has 1 aromatic carbocycles. The van der Waals surface area contributed by atoms with Crippen LogP contribution in [0.4, 0.5) is 8.78 Å². The van der Waals surface area contributed by atoms with Gasteiger partial charge in [0.15, 0.2) is 17.4 Å². The summed E-state index contributed by atoms with van der Waals surface area (Å²) in [7, 11) is 0. The summed E-state index contributed by atoms with van der Waals surface area (Å²) in [6.07, 6.45) is 2.19. The van der Waals surface area contributed by atoms with Crippen molar-refractivity contribution in [2.24, 2.45) is 0 Å². The summed E-state index contributed by atoms with van der Waals surface area (Å²) in [5, 5.41) is 0.415. The van der Waals surface area contributed by atoms with E-state index >= 15 is 0 Å². The second-order valence-electron chi connectivity index (χ2n) is 5.59. The largest absolute Gasteiger partial charge is 0.484 e. The van der Waals surface area contributed by atoms with Crippen LogP contribution in [0.5, 0.6) is 5.75 Å². The van der Waals surface area contributed by atoms with Gasteiger partial charge in [-0.3, -0.25) is 0 Å². The molecule has 0 bridgehead atoms. The Labute approximate surface area is 135 Å². The predicted octanol–water partition coefficient (Wildman–Crippen LogP) is 4.29. The van der Waals surface area contributed by atoms with Crippen molar-refractivity contribution in [2.75, 3.05) is 18.1 Å². The van der Waals surface area contributed by atoms with Crippen molar-refractivity contribution in [3.63, 3.8) is 0 Å². The van der Waals surface area contributed by atoms with Crippen LogP contribution in [0.25, 0.3) is 0 Å². The van der Waals surface area contributed by atoms with Gasteiger partial charge in [0.05, 0.1) is 12.2 Å². The standard InChI is InChI=1S/C15H17BrF2O2S/c16-8-10-5-12(17)14(13(18)6-10)20-11-1-3-19-15(7-11)2-4-21-9-15/h5-6,11H,1-4,7-9H2. The highest BCUT2D eigenvalue weighted by Crippen LogP contribution is 2.39. The van der Waals surface area contributed by atoms with Crippen LogP contribution in [0.1, 0.15) is 24.8 Å². The molecule has 0 saturated carbocycles. The van der Waals surface area contributed by atoms with Crippen molar-refractivity contribution in [2.45, 2.75) is 36.3 Å². The Kier molecular flexibility index (Phi) is 4.76. The molecule has 0 aromatic heterocycles. The van der Waals surface area contributed by atoms with Crippen LogP contribution in [-0.4, -0.2) is 29.8 Å². The Morgan fingerprint density at radius 2 is 2.14 bits per heavy atom. The second-order valence-corrected chi connectivity index (χ2v) is 7.25. The Balaban J connectivity index is 1.74. The van der Waals surface area contributed by atoms with E-state index in [0.29, 0.717) is 30.3 Å². The minimum absolute atomic E-state index is 0.156. The molecule has 2 atom stereocenters. The van der Waals surface area contributed by atoms with E-state index in [9.17, 15) is 8.78 Å². The molecule has 2 aliphatic rings. The molecule has 0 amide bonds. The molecule has 2 aliphatic heterocycles. The smallest absolute Gasteiger partial charge is 0.191 e. The molecule has 21 heavy (non-hydrogen) atoms. The molecular formula is C15H17BrF2O2S. The van der Waals surface area contributed by atoms with Crippen molar-refractivity contribution in [1.82, 2.24) is 0 Å². The summed E-state index contributed by atoms with van der Waals surface area (Å²) in [6.45, 7) is 0.591. The molecule has 2 unspecified atom stereocenters. The third-order valence-corrected chi connectivity index (χ3v) is 5.88. The lowest BCUT2D eigenvalue weighted by Crippen LogP contribution is -2.44. The van der Waals surface area contributed by atoms with Crippen molar-refractivity contribution in [3.8, 4) is 5.75 Å². The van der Waals surface area contributed by atoms with Crippen molar-refractivity contribution in [3.05, 3.63) is 29.3 Å². The molecule has 2 heterocycles. The number of ether oxygens (including phenoxy) is 2. The lowest BCUT2D eigenvalue weighted by atomic mass is 9.91. The zero-order valence-corrected chi connectivity index (χ0v) is 13.9. The van der Waals surface area contributed by atoms with Crippen LogP contribution in [-0.2, 0) is 10.1 Å². The summed E-state index contributed by atoms with van der Waals surface area (Å²) < 4.78 is 39.5. The van der Waals surface area contributed by atoms with Gasteiger partial charge in [0.25, 0.3) is 0 Å². The van der Waals surface area contributed by atoms with E-state index in [1.54, 1.807) is 0 Å². The first-order valence-corrected chi connectivity index (χ1v) is 9.32. The van der Waals surface area contributed by atoms with Gasteiger partial charge in [-0.15, -0.1) is 0 Å². The number of rotatable bonds is 3. The predicted molar refractivity (Wildman–Crippen MR) is 83.3 cm³/mol. The zero-order chi connectivity index (χ0) is 14.9. The van der Waals surface area contributed by atoms with Gasteiger partial charge in [-0.05, 0) is 29.9 Å². The Morgan fingerprint density at radius 1 is 1.38 bits per heavy atom. The number of hydrogen-bond acceptors (Lipinski definition) is 3. The molecule has 2 saturated heterocycles. The van der Waals surface area contributed by atoms with E-state index in [0.717, 1.165) is 17.9 Å². The number of alkyl halides is 1. The zero-order valence-electron chi connectivity index (χ0n) is 11.5. The molecule has 1 spiro atoms. The molecule has 3 rings (SSSR count). The van der Waals surface area contributed by atoms with Gasteiger partial charge in [0.1, 0.15) is 6.10 Å². The first-order valence-electron chi connectivity index (χ1n) is 7.04. The molecule has 2 fully saturated rings. The van der Waals surface area contributed by atoms with Gasteiger partial charge in [-0.25, -0.2) is 8.78 Å². The highest BCUT2D eigenvalue weighted by molar-refractivity contribution is 9.08. The molecule has 0 radical (unpaired) electrons. The van der Waals surface area contributed by atoms with Crippen LogP contribution in [0.3, 0.4) is 0 Å². The van der Waals surface area contributed by atoms with E-state index in [-0.39, 0.29) is 17.5 Å². The molecule has 116 valence electrons. The summed E-state index contributed by atoms with van der Waals surface area (Å²) in [6, 6.07) is 2.63. The van der Waals surface area contributed by atoms with E-state index in [4.69, 9.17) is 9.47 Å². The monoisotopic (exact) mass is 378 g/mol. The normalized spacial score (nSPS) is 29.0. The van der Waals surface area contributed by atoms with Crippen molar-refractivity contribution in [1.29, 1.82) is 0 Å². The molecule has 0 N–H and O–H groups in total. The fourth-order valence-electron chi connectivity index (χ4n) is 2.92. The summed E-state index contributed by atoms with van der Waals surface area (Å²) in [5.74, 6) is 0.499. The first kappa shape index (κ1) is 15.6. The molecule has 2 nitrogen and oxygen atoms in total. The van der Waals surface area contributed by atoms with Gasteiger partial charge in [0.2, 0.25) is 0 Å². The van der Waals surface area contributed by atoms with E-state index < -0.39 is 11.6 Å². The molecule has 6 heteroatoms. The Morgan fingerprint density at radius 3 is 2.76 bits per heavy atom. The van der Waals surface area contributed by atoms with Crippen LogP contribution in [0.2, 0.25) is 0 Å². The average Bonchev–Trinajstić information content (AvgIpc) is 2.90. The SMILES string of the molecule is Fc1cc(CBr)cc(F)c1OC1CCOC2(CCSC2)C1. The van der Waals surface area contributed by atoms with E-state index in [1.165, 1.54) is 12.1 Å². The summed E-state index contributed by atoms with van der Waals surface area (Å²) >= 11 is 5.06. The number of halogens is 3. The lowest BCUT2D eigenvalue weighted by molar-refractivity contribution is -0.0969. The third kappa shape index (κ3) is 3.37. The number of hydrogen-bond donors (Lipinski definition) is 0. The highest BCUT2D eigenvalue weighted by Gasteiger charge is 2.41. The van der Waals surface area contributed by atoms with Gasteiger partial charge in [-0.2, -0.15) is 11.8 Å². The summed E-state index contributed by atoms with van der Waals surface area (Å²) in [4.78, 5) is 0. The van der Waals surface area contributed by atoms with Gasteiger partial charge < -0.3 is 9.47 Å². The maximum Gasteiger partial charge on any atom is 0.191 e. The van der Waals surface area contributed by atoms with Crippen LogP contribution >= 0.6 is 27.7 Å². The Hall–Kier alpha value is -0.330. The average molecular weight is 379 g/mol. The molecule has 0 aliphatic carbocycles. The minimum atomic E-state index is -0.634. The third-order valence-electron chi connectivity index (χ3n) is 4.01. The second kappa shape index (κ2) is 6.42. The van der Waals surface area contributed by atoms with Crippen molar-refractivity contribution < 1.29 is 18.3 Å². The quantitative estimate of drug-likeness (QED) is 0.730. The molecular weight excluding hydrogens is 362 g/mol. The first-order chi connectivity index (χ1) is 10.1. The topological polar surface area (TPSA) is 18.5 Å². The van der Waals surface area contributed by atoms with E-state index in [2.05, 4.69) is 15.9 Å². The van der Waals surface area contributed by atoms with Crippen molar-refractivity contribution >= 4 is 27.7 Å². The van der Waals surface area contributed by atoms with Gasteiger partial charge in [-0.1, -0.05) is 15.9 Å². The maximum atomic E-state index is 14.0. The van der Waals surface area contributed by atoms with E-state index in [1.807, 2.05) is 11.8 Å². The number of thioether (sulfide) groups is 1. The minimum Gasteiger partial charge on any atom is -0.484 e. The fourth-order valence-corrected chi connectivity index (χ4v) is 4.62. The van der Waals surface area contributed by atoms with Crippen LogP contribution in [0.15, 0.2) is 12.1 Å². The van der Waals surface area contributed by atoms with Crippen LogP contribution in [0, 0.1) is 11.6 Å². The summed E-state index contributed by atoms with van der Waals surface area (Å²) in [5.41, 5.74) is 0.407. The molecule has 1 aromatic rings.